The molecule has 0 spiro atoms. The lowest BCUT2D eigenvalue weighted by Crippen LogP contribution is -2.42. The zero-order valence-electron chi connectivity index (χ0n) is 8.53. The van der Waals surface area contributed by atoms with E-state index in [4.69, 9.17) is 5.41 Å². The van der Waals surface area contributed by atoms with Gasteiger partial charge in [-0.3, -0.25) is 10.4 Å². The van der Waals surface area contributed by atoms with Gasteiger partial charge in [0.15, 0.2) is 5.17 Å². The Kier molecular flexibility index (Phi) is 2.52. The topological polar surface area (TPSA) is 39.5 Å². The van der Waals surface area contributed by atoms with Crippen molar-refractivity contribution in [3.8, 4) is 0 Å². The van der Waals surface area contributed by atoms with Crippen LogP contribution in [0, 0.1) is 5.41 Å². The molecule has 0 aromatic heterocycles. The van der Waals surface area contributed by atoms with E-state index in [1.54, 1.807) is 0 Å². The molecule has 0 fully saturated rings. The first-order chi connectivity index (χ1) is 7.77. The van der Waals surface area contributed by atoms with Gasteiger partial charge in [0.1, 0.15) is 5.84 Å². The van der Waals surface area contributed by atoms with Crippen molar-refractivity contribution in [1.29, 1.82) is 5.41 Å². The molecular weight excluding hydrogens is 286 g/mol. The van der Waals surface area contributed by atoms with Crippen LogP contribution in [0.15, 0.2) is 32.6 Å². The minimum absolute atomic E-state index is 0.581. The Morgan fingerprint density at radius 2 is 2.31 bits per heavy atom. The molecule has 16 heavy (non-hydrogen) atoms. The maximum atomic E-state index is 8.03. The third kappa shape index (κ3) is 1.50. The Balaban J connectivity index is 2.20. The van der Waals surface area contributed by atoms with Gasteiger partial charge in [0.2, 0.25) is 0 Å². The van der Waals surface area contributed by atoms with E-state index in [0.29, 0.717) is 5.17 Å². The number of nitrogens with one attached hydrogen (secondary N) is 1. The van der Waals surface area contributed by atoms with Crippen LogP contribution in [-0.4, -0.2) is 29.0 Å². The predicted molar refractivity (Wildman–Crippen MR) is 70.5 cm³/mol. The molecule has 0 radical (unpaired) electrons. The molecule has 5 heteroatoms. The number of thioether (sulfide) groups is 1. The SMILES string of the molecule is N=C1Sc2c(Br)cccc2C2=NCCCN12. The second-order valence-electron chi connectivity index (χ2n) is 3.73. The summed E-state index contributed by atoms with van der Waals surface area (Å²) in [7, 11) is 0. The Morgan fingerprint density at radius 3 is 3.19 bits per heavy atom. The van der Waals surface area contributed by atoms with Gasteiger partial charge >= 0.3 is 0 Å². The lowest BCUT2D eigenvalue weighted by Gasteiger charge is -2.34. The van der Waals surface area contributed by atoms with Crippen molar-refractivity contribution in [2.24, 2.45) is 4.99 Å². The zero-order chi connectivity index (χ0) is 11.1. The van der Waals surface area contributed by atoms with Crippen molar-refractivity contribution >= 4 is 38.7 Å². The summed E-state index contributed by atoms with van der Waals surface area (Å²) in [5.74, 6) is 0.964. The van der Waals surface area contributed by atoms with Gasteiger partial charge in [-0.05, 0) is 28.4 Å². The highest BCUT2D eigenvalue weighted by molar-refractivity contribution is 9.10. The van der Waals surface area contributed by atoms with Crippen LogP contribution in [0.5, 0.6) is 0 Å². The van der Waals surface area contributed by atoms with Crippen molar-refractivity contribution < 1.29 is 0 Å². The largest absolute Gasteiger partial charge is 0.305 e. The van der Waals surface area contributed by atoms with Crippen LogP contribution in [0.1, 0.15) is 12.0 Å². The van der Waals surface area contributed by atoms with E-state index < -0.39 is 0 Å². The Bertz CT molecular complexity index is 498. The predicted octanol–water partition coefficient (Wildman–Crippen LogP) is 2.94. The number of halogens is 1. The molecule has 1 aromatic carbocycles. The molecule has 0 atom stereocenters. The average Bonchev–Trinajstić information content (AvgIpc) is 2.31. The monoisotopic (exact) mass is 295 g/mol. The van der Waals surface area contributed by atoms with Crippen molar-refractivity contribution in [3.63, 3.8) is 0 Å². The molecular formula is C11H10BrN3S. The number of aliphatic imine (C=N–C) groups is 1. The fraction of sp³-hybridized carbons (Fsp3) is 0.273. The van der Waals surface area contributed by atoms with Crippen LogP contribution >= 0.6 is 27.7 Å². The molecule has 2 heterocycles. The van der Waals surface area contributed by atoms with Crippen LogP contribution in [0.25, 0.3) is 0 Å². The molecule has 1 aromatic rings. The summed E-state index contributed by atoms with van der Waals surface area (Å²) in [6.45, 7) is 1.78. The zero-order valence-corrected chi connectivity index (χ0v) is 10.9. The molecule has 2 aliphatic heterocycles. The van der Waals surface area contributed by atoms with Crippen LogP contribution < -0.4 is 0 Å². The van der Waals surface area contributed by atoms with Gasteiger partial charge in [0.05, 0.1) is 0 Å². The average molecular weight is 296 g/mol. The molecule has 0 unspecified atom stereocenters. The molecule has 1 N–H and O–H groups in total. The standard InChI is InChI=1S/C11H10BrN3S/c12-8-4-1-3-7-9(8)16-11(13)15-6-2-5-14-10(7)15/h1,3-4,13H,2,5-6H2. The summed E-state index contributed by atoms with van der Waals surface area (Å²) in [4.78, 5) is 7.67. The first-order valence-corrected chi connectivity index (χ1v) is 6.75. The number of fused-ring (bicyclic) bond motifs is 3. The van der Waals surface area contributed by atoms with Crippen LogP contribution in [0.3, 0.4) is 0 Å². The van der Waals surface area contributed by atoms with Gasteiger partial charge < -0.3 is 4.90 Å². The quantitative estimate of drug-likeness (QED) is 0.799. The van der Waals surface area contributed by atoms with E-state index in [1.165, 1.54) is 11.8 Å². The van der Waals surface area contributed by atoms with Crippen molar-refractivity contribution in [1.82, 2.24) is 4.90 Å². The van der Waals surface area contributed by atoms with E-state index in [2.05, 4.69) is 27.0 Å². The van der Waals surface area contributed by atoms with Crippen molar-refractivity contribution in [2.45, 2.75) is 11.3 Å². The van der Waals surface area contributed by atoms with Crippen LogP contribution in [0.4, 0.5) is 0 Å². The number of amidine groups is 2. The van der Waals surface area contributed by atoms with Gasteiger partial charge in [-0.15, -0.1) is 0 Å². The molecule has 0 aliphatic carbocycles. The smallest absolute Gasteiger partial charge is 0.167 e. The molecule has 3 nitrogen and oxygen atoms in total. The fourth-order valence-electron chi connectivity index (χ4n) is 1.97. The van der Waals surface area contributed by atoms with Crippen molar-refractivity contribution in [3.05, 3.63) is 28.2 Å². The Morgan fingerprint density at radius 1 is 1.44 bits per heavy atom. The summed E-state index contributed by atoms with van der Waals surface area (Å²) in [6, 6.07) is 6.11. The molecule has 2 aliphatic rings. The lowest BCUT2D eigenvalue weighted by atomic mass is 10.1. The minimum atomic E-state index is 0.581. The van der Waals surface area contributed by atoms with Crippen molar-refractivity contribution in [2.75, 3.05) is 13.1 Å². The summed E-state index contributed by atoms with van der Waals surface area (Å²) in [5.41, 5.74) is 1.15. The first kappa shape index (κ1) is 10.4. The second kappa shape index (κ2) is 3.89. The van der Waals surface area contributed by atoms with Gasteiger partial charge in [-0.25, -0.2) is 0 Å². The van der Waals surface area contributed by atoms with Gasteiger partial charge in [0.25, 0.3) is 0 Å². The second-order valence-corrected chi connectivity index (χ2v) is 5.59. The van der Waals surface area contributed by atoms with E-state index in [-0.39, 0.29) is 0 Å². The lowest BCUT2D eigenvalue weighted by molar-refractivity contribution is 0.551. The van der Waals surface area contributed by atoms with Crippen LogP contribution in [0.2, 0.25) is 0 Å². The van der Waals surface area contributed by atoms with E-state index in [9.17, 15) is 0 Å². The number of rotatable bonds is 0. The van der Waals surface area contributed by atoms with E-state index in [0.717, 1.165) is 40.3 Å². The Hall–Kier alpha value is -0.810. The highest BCUT2D eigenvalue weighted by atomic mass is 79.9. The molecule has 3 rings (SSSR count). The third-order valence-corrected chi connectivity index (χ3v) is 4.69. The number of hydrogen-bond acceptors (Lipinski definition) is 3. The normalized spacial score (nSPS) is 18.9. The molecule has 0 saturated carbocycles. The van der Waals surface area contributed by atoms with E-state index in [1.807, 2.05) is 17.0 Å². The number of benzene rings is 1. The van der Waals surface area contributed by atoms with Gasteiger partial charge in [-0.1, -0.05) is 23.9 Å². The highest BCUT2D eigenvalue weighted by Gasteiger charge is 2.29. The number of nitrogens with zero attached hydrogens (tertiary/aromatic N) is 2. The van der Waals surface area contributed by atoms with Gasteiger partial charge in [0, 0.05) is 28.0 Å². The first-order valence-electron chi connectivity index (χ1n) is 5.14. The summed E-state index contributed by atoms with van der Waals surface area (Å²) in [6.07, 6.45) is 1.04. The summed E-state index contributed by atoms with van der Waals surface area (Å²) >= 11 is 5.04. The molecule has 0 bridgehead atoms. The summed E-state index contributed by atoms with van der Waals surface area (Å²) < 4.78 is 1.05. The van der Waals surface area contributed by atoms with Crippen LogP contribution in [-0.2, 0) is 0 Å². The maximum absolute atomic E-state index is 8.03. The Labute approximate surface area is 107 Å². The fourth-order valence-corrected chi connectivity index (χ4v) is 3.50. The molecule has 0 amide bonds. The third-order valence-electron chi connectivity index (χ3n) is 2.71. The van der Waals surface area contributed by atoms with E-state index >= 15 is 0 Å². The summed E-state index contributed by atoms with van der Waals surface area (Å²) in [5, 5.41) is 8.61. The molecule has 0 saturated heterocycles. The van der Waals surface area contributed by atoms with Gasteiger partial charge in [-0.2, -0.15) is 0 Å². The molecule has 82 valence electrons. The maximum Gasteiger partial charge on any atom is 0.167 e. The minimum Gasteiger partial charge on any atom is -0.305 e. The highest BCUT2D eigenvalue weighted by Crippen LogP contribution is 2.38. The number of hydrogen-bond donors (Lipinski definition) is 1.